The standard InChI is InChI=1S/C27H26N2O3/c1-16-7-9-17(10-8-16)19-13-22-26(24(31)15-19)27(18-11-12-25(32-2)23(30)14-18)29-21-6-4-3-5-20(21)28-22/h3-12,14,19,27-30H,13,15H2,1-2H3/t19-,27-/m0/s1. The van der Waals surface area contributed by atoms with Crippen molar-refractivity contribution in [1.29, 1.82) is 0 Å². The number of carbonyl (C=O) groups excluding carboxylic acids is 1. The smallest absolute Gasteiger partial charge is 0.163 e. The van der Waals surface area contributed by atoms with Crippen LogP contribution in [0.15, 0.2) is 78.0 Å². The molecule has 5 heteroatoms. The number of rotatable bonds is 3. The van der Waals surface area contributed by atoms with E-state index in [-0.39, 0.29) is 23.5 Å². The molecule has 0 aromatic heterocycles. The Morgan fingerprint density at radius 3 is 2.38 bits per heavy atom. The van der Waals surface area contributed by atoms with Gasteiger partial charge in [0.1, 0.15) is 0 Å². The fourth-order valence-electron chi connectivity index (χ4n) is 4.70. The van der Waals surface area contributed by atoms with Crippen LogP contribution in [-0.4, -0.2) is 18.0 Å². The number of ether oxygens (including phenoxy) is 1. The Morgan fingerprint density at radius 1 is 0.938 bits per heavy atom. The van der Waals surface area contributed by atoms with E-state index >= 15 is 0 Å². The molecule has 2 atom stereocenters. The van der Waals surface area contributed by atoms with Gasteiger partial charge in [-0.3, -0.25) is 4.79 Å². The SMILES string of the molecule is COc1ccc([C@@H]2Nc3ccccc3NC3=C2C(=O)C[C@@H](c2ccc(C)cc2)C3)cc1O. The van der Waals surface area contributed by atoms with Crippen molar-refractivity contribution in [1.82, 2.24) is 0 Å². The molecule has 1 heterocycles. The zero-order valence-electron chi connectivity index (χ0n) is 18.2. The fraction of sp³-hybridized carbons (Fsp3) is 0.222. The zero-order valence-corrected chi connectivity index (χ0v) is 18.2. The fourth-order valence-corrected chi connectivity index (χ4v) is 4.70. The van der Waals surface area contributed by atoms with E-state index in [1.165, 1.54) is 18.2 Å². The number of para-hydroxylation sites is 2. The van der Waals surface area contributed by atoms with Crippen molar-refractivity contribution < 1.29 is 14.6 Å². The summed E-state index contributed by atoms with van der Waals surface area (Å²) in [5, 5.41) is 17.5. The third kappa shape index (κ3) is 3.60. The van der Waals surface area contributed by atoms with Gasteiger partial charge in [0.2, 0.25) is 0 Å². The first kappa shape index (κ1) is 20.2. The van der Waals surface area contributed by atoms with Crippen LogP contribution in [0.25, 0.3) is 0 Å². The van der Waals surface area contributed by atoms with Crippen molar-refractivity contribution in [2.45, 2.75) is 31.7 Å². The molecule has 2 aliphatic rings. The van der Waals surface area contributed by atoms with Gasteiger partial charge in [0.15, 0.2) is 17.3 Å². The van der Waals surface area contributed by atoms with E-state index in [1.807, 2.05) is 30.3 Å². The van der Waals surface area contributed by atoms with Crippen LogP contribution in [0.4, 0.5) is 11.4 Å². The number of fused-ring (bicyclic) bond motifs is 1. The number of carbonyl (C=O) groups is 1. The summed E-state index contributed by atoms with van der Waals surface area (Å²) in [5.74, 6) is 0.708. The number of aryl methyl sites for hydroxylation is 1. The number of Topliss-reactive ketones (excluding diaryl/α,β-unsaturated/α-hetero) is 1. The number of allylic oxidation sites excluding steroid dienone is 1. The first-order valence-corrected chi connectivity index (χ1v) is 10.9. The first-order valence-electron chi connectivity index (χ1n) is 10.9. The van der Waals surface area contributed by atoms with Crippen LogP contribution in [-0.2, 0) is 4.79 Å². The lowest BCUT2D eigenvalue weighted by molar-refractivity contribution is -0.116. The molecule has 0 bridgehead atoms. The summed E-state index contributed by atoms with van der Waals surface area (Å²) in [7, 11) is 1.52. The highest BCUT2D eigenvalue weighted by Crippen LogP contribution is 2.45. The lowest BCUT2D eigenvalue weighted by Crippen LogP contribution is -2.26. The second-order valence-electron chi connectivity index (χ2n) is 8.51. The normalized spacial score (nSPS) is 19.9. The number of anilines is 2. The summed E-state index contributed by atoms with van der Waals surface area (Å²) in [6.07, 6.45) is 1.21. The van der Waals surface area contributed by atoms with Crippen LogP contribution in [0, 0.1) is 6.92 Å². The number of phenols is 1. The quantitative estimate of drug-likeness (QED) is 0.502. The van der Waals surface area contributed by atoms with E-state index < -0.39 is 0 Å². The number of ketones is 1. The van der Waals surface area contributed by atoms with Crippen molar-refractivity contribution in [3.63, 3.8) is 0 Å². The number of methoxy groups -OCH3 is 1. The molecule has 0 amide bonds. The Labute approximate surface area is 187 Å². The Kier molecular flexibility index (Phi) is 5.10. The monoisotopic (exact) mass is 426 g/mol. The van der Waals surface area contributed by atoms with Gasteiger partial charge in [0, 0.05) is 17.7 Å². The van der Waals surface area contributed by atoms with Gasteiger partial charge in [-0.15, -0.1) is 0 Å². The third-order valence-corrected chi connectivity index (χ3v) is 6.39. The van der Waals surface area contributed by atoms with Crippen LogP contribution in [0.5, 0.6) is 11.5 Å². The number of hydrogen-bond acceptors (Lipinski definition) is 5. The summed E-state index contributed by atoms with van der Waals surface area (Å²) >= 11 is 0. The summed E-state index contributed by atoms with van der Waals surface area (Å²) in [5.41, 5.74) is 6.73. The Morgan fingerprint density at radius 2 is 1.66 bits per heavy atom. The van der Waals surface area contributed by atoms with E-state index in [0.29, 0.717) is 12.2 Å². The highest BCUT2D eigenvalue weighted by atomic mass is 16.5. The number of benzene rings is 3. The van der Waals surface area contributed by atoms with Crippen LogP contribution in [0.3, 0.4) is 0 Å². The van der Waals surface area contributed by atoms with E-state index in [1.54, 1.807) is 12.1 Å². The number of aromatic hydroxyl groups is 1. The molecule has 3 aromatic rings. The minimum Gasteiger partial charge on any atom is -0.504 e. The molecule has 3 N–H and O–H groups in total. The Bertz CT molecular complexity index is 1210. The van der Waals surface area contributed by atoms with Crippen molar-refractivity contribution in [2.24, 2.45) is 0 Å². The van der Waals surface area contributed by atoms with Crippen molar-refractivity contribution in [3.05, 3.63) is 94.7 Å². The van der Waals surface area contributed by atoms with Gasteiger partial charge in [-0.05, 0) is 54.7 Å². The van der Waals surface area contributed by atoms with Crippen LogP contribution < -0.4 is 15.4 Å². The summed E-state index contributed by atoms with van der Waals surface area (Å²) < 4.78 is 5.21. The average molecular weight is 427 g/mol. The van der Waals surface area contributed by atoms with Crippen molar-refractivity contribution >= 4 is 17.2 Å². The molecule has 0 saturated carbocycles. The molecule has 0 fully saturated rings. The molecular weight excluding hydrogens is 400 g/mol. The molecule has 5 rings (SSSR count). The second-order valence-corrected chi connectivity index (χ2v) is 8.51. The highest BCUT2D eigenvalue weighted by molar-refractivity contribution is 6.01. The van der Waals surface area contributed by atoms with Gasteiger partial charge < -0.3 is 20.5 Å². The molecule has 32 heavy (non-hydrogen) atoms. The predicted molar refractivity (Wildman–Crippen MR) is 126 cm³/mol. The van der Waals surface area contributed by atoms with Gasteiger partial charge in [-0.1, -0.05) is 48.0 Å². The van der Waals surface area contributed by atoms with Crippen LogP contribution in [0.2, 0.25) is 0 Å². The first-order chi connectivity index (χ1) is 15.5. The lowest BCUT2D eigenvalue weighted by Gasteiger charge is -2.30. The summed E-state index contributed by atoms with van der Waals surface area (Å²) in [4.78, 5) is 13.5. The van der Waals surface area contributed by atoms with Gasteiger partial charge in [0.25, 0.3) is 0 Å². The topological polar surface area (TPSA) is 70.6 Å². The molecule has 1 aliphatic carbocycles. The van der Waals surface area contributed by atoms with Gasteiger partial charge in [-0.25, -0.2) is 0 Å². The predicted octanol–water partition coefficient (Wildman–Crippen LogP) is 5.69. The maximum absolute atomic E-state index is 13.5. The maximum atomic E-state index is 13.5. The molecule has 0 radical (unpaired) electrons. The van der Waals surface area contributed by atoms with Gasteiger partial charge >= 0.3 is 0 Å². The largest absolute Gasteiger partial charge is 0.504 e. The molecule has 0 unspecified atom stereocenters. The molecule has 5 nitrogen and oxygen atoms in total. The molecule has 162 valence electrons. The summed E-state index contributed by atoms with van der Waals surface area (Å²) in [6, 6.07) is 21.4. The lowest BCUT2D eigenvalue weighted by atomic mass is 9.78. The highest BCUT2D eigenvalue weighted by Gasteiger charge is 2.36. The third-order valence-electron chi connectivity index (χ3n) is 6.39. The van der Waals surface area contributed by atoms with E-state index in [9.17, 15) is 9.90 Å². The van der Waals surface area contributed by atoms with Gasteiger partial charge in [-0.2, -0.15) is 0 Å². The van der Waals surface area contributed by atoms with Crippen molar-refractivity contribution in [3.8, 4) is 11.5 Å². The van der Waals surface area contributed by atoms with Crippen LogP contribution in [0.1, 0.15) is 41.5 Å². The summed E-state index contributed by atoms with van der Waals surface area (Å²) in [6.45, 7) is 2.07. The van der Waals surface area contributed by atoms with Crippen LogP contribution >= 0.6 is 0 Å². The second kappa shape index (κ2) is 8.08. The molecule has 0 saturated heterocycles. The minimum absolute atomic E-state index is 0.0558. The van der Waals surface area contributed by atoms with E-state index in [0.717, 1.165) is 34.6 Å². The molecule has 3 aromatic carbocycles. The molecular formula is C27H26N2O3. The van der Waals surface area contributed by atoms with Crippen molar-refractivity contribution in [2.75, 3.05) is 17.7 Å². The maximum Gasteiger partial charge on any atom is 0.163 e. The Balaban J connectivity index is 1.60. The van der Waals surface area contributed by atoms with Gasteiger partial charge in [0.05, 0.1) is 24.5 Å². The minimum atomic E-state index is -0.371. The number of hydrogen-bond donors (Lipinski definition) is 3. The molecule has 0 spiro atoms. The number of phenolic OH excluding ortho intramolecular Hbond substituents is 1. The Hall–Kier alpha value is -3.73. The number of nitrogens with one attached hydrogen (secondary N) is 2. The van der Waals surface area contributed by atoms with E-state index in [2.05, 4.69) is 41.8 Å². The molecule has 1 aliphatic heterocycles. The average Bonchev–Trinajstić information content (AvgIpc) is 2.96. The zero-order chi connectivity index (χ0) is 22.2. The van der Waals surface area contributed by atoms with E-state index in [4.69, 9.17) is 4.74 Å².